The molecule has 0 fully saturated rings. The van der Waals surface area contributed by atoms with E-state index in [-0.39, 0.29) is 23.7 Å². The molecule has 0 aliphatic carbocycles. The van der Waals surface area contributed by atoms with Crippen molar-refractivity contribution >= 4 is 18.1 Å². The molecule has 0 atom stereocenters. The standard InChI is InChI=1S/C28H33N3O3/c1-7-34-27(33)22-10-14-25(15-11-22)31-19(2)16-23(20(31)3)18-29-30-26(32)17-21-8-12-24(13-9-21)28(4,5)6/h8-16,18H,7,17H2,1-6H3,(H,30,32)/b29-18-. The van der Waals surface area contributed by atoms with Gasteiger partial charge in [0.2, 0.25) is 5.91 Å². The SMILES string of the molecule is CCOC(=O)c1ccc(-n2c(C)cc(/C=N\NC(=O)Cc3ccc(C(C)(C)C)cc3)c2C)cc1. The molecule has 0 saturated carbocycles. The molecule has 0 aliphatic rings. The molecule has 0 spiro atoms. The van der Waals surface area contributed by atoms with Gasteiger partial charge in [0.1, 0.15) is 0 Å². The number of aromatic nitrogens is 1. The van der Waals surface area contributed by atoms with Crippen molar-refractivity contribution in [1.82, 2.24) is 9.99 Å². The number of ether oxygens (including phenoxy) is 1. The van der Waals surface area contributed by atoms with Crippen LogP contribution in [-0.4, -0.2) is 29.3 Å². The van der Waals surface area contributed by atoms with Crippen LogP contribution in [0.1, 0.15) is 66.1 Å². The van der Waals surface area contributed by atoms with E-state index in [4.69, 9.17) is 4.74 Å². The first-order chi connectivity index (χ1) is 16.1. The van der Waals surface area contributed by atoms with E-state index in [1.165, 1.54) is 5.56 Å². The van der Waals surface area contributed by atoms with Crippen molar-refractivity contribution in [3.05, 3.63) is 88.2 Å². The number of hydrogen-bond acceptors (Lipinski definition) is 4. The van der Waals surface area contributed by atoms with Gasteiger partial charge in [-0.1, -0.05) is 45.0 Å². The number of carbonyl (C=O) groups excluding carboxylic acids is 2. The molecule has 3 rings (SSSR count). The lowest BCUT2D eigenvalue weighted by Gasteiger charge is -2.19. The van der Waals surface area contributed by atoms with Gasteiger partial charge in [0.15, 0.2) is 0 Å². The summed E-state index contributed by atoms with van der Waals surface area (Å²) in [5.74, 6) is -0.494. The van der Waals surface area contributed by atoms with E-state index in [2.05, 4.69) is 48.0 Å². The van der Waals surface area contributed by atoms with Crippen molar-refractivity contribution in [3.8, 4) is 5.69 Å². The molecular weight excluding hydrogens is 426 g/mol. The monoisotopic (exact) mass is 459 g/mol. The van der Waals surface area contributed by atoms with Gasteiger partial charge in [-0.3, -0.25) is 4.79 Å². The summed E-state index contributed by atoms with van der Waals surface area (Å²) in [6.45, 7) is 12.6. The van der Waals surface area contributed by atoms with E-state index < -0.39 is 0 Å². The third-order valence-corrected chi connectivity index (χ3v) is 5.68. The van der Waals surface area contributed by atoms with E-state index in [1.807, 2.05) is 44.2 Å². The zero-order valence-corrected chi connectivity index (χ0v) is 20.8. The van der Waals surface area contributed by atoms with Crippen molar-refractivity contribution in [2.24, 2.45) is 5.10 Å². The second-order valence-corrected chi connectivity index (χ2v) is 9.35. The highest BCUT2D eigenvalue weighted by Gasteiger charge is 2.14. The number of benzene rings is 2. The zero-order valence-electron chi connectivity index (χ0n) is 20.8. The molecule has 1 amide bonds. The molecular formula is C28H33N3O3. The molecule has 0 saturated heterocycles. The smallest absolute Gasteiger partial charge is 0.338 e. The molecule has 0 unspecified atom stereocenters. The predicted octanol–water partition coefficient (Wildman–Crippen LogP) is 5.26. The summed E-state index contributed by atoms with van der Waals surface area (Å²) >= 11 is 0. The summed E-state index contributed by atoms with van der Waals surface area (Å²) in [6.07, 6.45) is 1.93. The van der Waals surface area contributed by atoms with Crippen molar-refractivity contribution < 1.29 is 14.3 Å². The first kappa shape index (κ1) is 25.0. The molecule has 1 aromatic heterocycles. The van der Waals surface area contributed by atoms with Crippen LogP contribution in [0.5, 0.6) is 0 Å². The molecule has 6 heteroatoms. The summed E-state index contributed by atoms with van der Waals surface area (Å²) in [7, 11) is 0. The van der Waals surface area contributed by atoms with Gasteiger partial charge in [-0.25, -0.2) is 10.2 Å². The maximum atomic E-state index is 12.3. The van der Waals surface area contributed by atoms with E-state index in [0.29, 0.717) is 12.2 Å². The van der Waals surface area contributed by atoms with Crippen LogP contribution in [0.4, 0.5) is 0 Å². The van der Waals surface area contributed by atoms with Crippen LogP contribution in [0, 0.1) is 13.8 Å². The average Bonchev–Trinajstić information content (AvgIpc) is 3.06. The van der Waals surface area contributed by atoms with Crippen LogP contribution >= 0.6 is 0 Å². The normalized spacial score (nSPS) is 11.6. The lowest BCUT2D eigenvalue weighted by Crippen LogP contribution is -2.20. The molecule has 2 aromatic carbocycles. The van der Waals surface area contributed by atoms with Crippen LogP contribution in [0.2, 0.25) is 0 Å². The molecule has 1 heterocycles. The number of hydrazone groups is 1. The van der Waals surface area contributed by atoms with Gasteiger partial charge in [0.05, 0.1) is 24.8 Å². The van der Waals surface area contributed by atoms with Gasteiger partial charge in [-0.2, -0.15) is 5.10 Å². The summed E-state index contributed by atoms with van der Waals surface area (Å²) in [6, 6.07) is 17.4. The number of nitrogens with one attached hydrogen (secondary N) is 1. The van der Waals surface area contributed by atoms with Gasteiger partial charge in [-0.15, -0.1) is 0 Å². The first-order valence-corrected chi connectivity index (χ1v) is 11.5. The van der Waals surface area contributed by atoms with E-state index in [1.54, 1.807) is 25.3 Å². The van der Waals surface area contributed by atoms with Gasteiger partial charge < -0.3 is 9.30 Å². The second-order valence-electron chi connectivity index (χ2n) is 9.35. The van der Waals surface area contributed by atoms with Crippen LogP contribution in [0.3, 0.4) is 0 Å². The largest absolute Gasteiger partial charge is 0.462 e. The average molecular weight is 460 g/mol. The molecule has 6 nitrogen and oxygen atoms in total. The van der Waals surface area contributed by atoms with Crippen LogP contribution in [0.15, 0.2) is 59.7 Å². The zero-order chi connectivity index (χ0) is 24.9. The number of nitrogens with zero attached hydrogens (tertiary/aromatic N) is 2. The number of hydrogen-bond donors (Lipinski definition) is 1. The minimum absolute atomic E-state index is 0.0837. The highest BCUT2D eigenvalue weighted by atomic mass is 16.5. The Morgan fingerprint density at radius 3 is 2.26 bits per heavy atom. The van der Waals surface area contributed by atoms with Crippen molar-refractivity contribution in [2.75, 3.05) is 6.61 Å². The number of aryl methyl sites for hydroxylation is 1. The van der Waals surface area contributed by atoms with Crippen molar-refractivity contribution in [1.29, 1.82) is 0 Å². The molecule has 34 heavy (non-hydrogen) atoms. The number of rotatable bonds is 7. The van der Waals surface area contributed by atoms with E-state index in [0.717, 1.165) is 28.2 Å². The third kappa shape index (κ3) is 6.01. The summed E-state index contributed by atoms with van der Waals surface area (Å²) in [5, 5.41) is 4.16. The van der Waals surface area contributed by atoms with Gasteiger partial charge in [0.25, 0.3) is 0 Å². The van der Waals surface area contributed by atoms with Crippen LogP contribution in [0.25, 0.3) is 5.69 Å². The minimum atomic E-state index is -0.330. The van der Waals surface area contributed by atoms with Crippen molar-refractivity contribution in [2.45, 2.75) is 53.4 Å². The fourth-order valence-corrected chi connectivity index (χ4v) is 3.80. The molecule has 3 aromatic rings. The lowest BCUT2D eigenvalue weighted by atomic mass is 9.86. The van der Waals surface area contributed by atoms with Gasteiger partial charge in [-0.05, 0) is 67.6 Å². The second kappa shape index (κ2) is 10.5. The summed E-state index contributed by atoms with van der Waals surface area (Å²) in [4.78, 5) is 24.2. The maximum Gasteiger partial charge on any atom is 0.338 e. The highest BCUT2D eigenvalue weighted by molar-refractivity contribution is 5.89. The predicted molar refractivity (Wildman–Crippen MR) is 136 cm³/mol. The molecule has 0 radical (unpaired) electrons. The Morgan fingerprint density at radius 1 is 1.03 bits per heavy atom. The Hall–Kier alpha value is -3.67. The van der Waals surface area contributed by atoms with E-state index >= 15 is 0 Å². The van der Waals surface area contributed by atoms with Crippen LogP contribution < -0.4 is 5.43 Å². The third-order valence-electron chi connectivity index (χ3n) is 5.68. The number of amides is 1. The number of esters is 1. The Morgan fingerprint density at radius 2 is 1.68 bits per heavy atom. The number of carbonyl (C=O) groups is 2. The van der Waals surface area contributed by atoms with Crippen LogP contribution in [-0.2, 0) is 21.4 Å². The Labute approximate surface area is 201 Å². The molecule has 0 bridgehead atoms. The summed E-state index contributed by atoms with van der Waals surface area (Å²) in [5.41, 5.74) is 9.26. The molecule has 178 valence electrons. The maximum absolute atomic E-state index is 12.3. The summed E-state index contributed by atoms with van der Waals surface area (Å²) < 4.78 is 7.13. The lowest BCUT2D eigenvalue weighted by molar-refractivity contribution is -0.120. The Balaban J connectivity index is 1.65. The Bertz CT molecular complexity index is 1180. The Kier molecular flexibility index (Phi) is 7.72. The highest BCUT2D eigenvalue weighted by Crippen LogP contribution is 2.22. The first-order valence-electron chi connectivity index (χ1n) is 11.5. The minimum Gasteiger partial charge on any atom is -0.462 e. The van der Waals surface area contributed by atoms with Gasteiger partial charge >= 0.3 is 5.97 Å². The van der Waals surface area contributed by atoms with Gasteiger partial charge in [0, 0.05) is 22.6 Å². The van der Waals surface area contributed by atoms with E-state index in [9.17, 15) is 9.59 Å². The van der Waals surface area contributed by atoms with Crippen molar-refractivity contribution in [3.63, 3.8) is 0 Å². The molecule has 0 aliphatic heterocycles. The fourth-order valence-electron chi connectivity index (χ4n) is 3.80. The topological polar surface area (TPSA) is 72.7 Å². The molecule has 1 N–H and O–H groups in total. The quantitative estimate of drug-likeness (QED) is 0.298. The fraction of sp³-hybridized carbons (Fsp3) is 0.321.